The van der Waals surface area contributed by atoms with E-state index in [-0.39, 0.29) is 5.91 Å². The van der Waals surface area contributed by atoms with E-state index in [0.29, 0.717) is 34.1 Å². The highest BCUT2D eigenvalue weighted by atomic mass is 16.5. The Morgan fingerprint density at radius 1 is 0.806 bits per heavy atom. The van der Waals surface area contributed by atoms with Crippen LogP contribution in [-0.4, -0.2) is 39.2 Å². The number of nitrogens with one attached hydrogen (secondary N) is 3. The zero-order chi connectivity index (χ0) is 25.5. The number of aryl methyl sites for hydroxylation is 1. The smallest absolute Gasteiger partial charge is 0.323 e. The molecule has 1 heterocycles. The van der Waals surface area contributed by atoms with Gasteiger partial charge in [0.2, 0.25) is 0 Å². The molecule has 8 nitrogen and oxygen atoms in total. The monoisotopic (exact) mass is 488 g/mol. The van der Waals surface area contributed by atoms with E-state index < -0.39 is 6.03 Å². The summed E-state index contributed by atoms with van der Waals surface area (Å²) in [6.07, 6.45) is 3.39. The van der Waals surface area contributed by atoms with Gasteiger partial charge in [0, 0.05) is 30.4 Å². The van der Waals surface area contributed by atoms with E-state index in [4.69, 9.17) is 9.47 Å². The third kappa shape index (κ3) is 6.07. The molecule has 0 aromatic heterocycles. The first-order valence-corrected chi connectivity index (χ1v) is 12.0. The molecule has 36 heavy (non-hydrogen) atoms. The first-order valence-electron chi connectivity index (χ1n) is 12.0. The lowest BCUT2D eigenvalue weighted by molar-refractivity contribution is 0.102. The van der Waals surface area contributed by atoms with Crippen LogP contribution in [0.2, 0.25) is 0 Å². The number of anilines is 4. The molecule has 3 aromatic rings. The van der Waals surface area contributed by atoms with Crippen LogP contribution < -0.4 is 30.3 Å². The van der Waals surface area contributed by atoms with Crippen LogP contribution in [0.3, 0.4) is 0 Å². The maximum atomic E-state index is 13.0. The average molecular weight is 489 g/mol. The minimum atomic E-state index is -0.418. The quantitative estimate of drug-likeness (QED) is 0.385. The van der Waals surface area contributed by atoms with Crippen LogP contribution in [0, 0.1) is 6.92 Å². The van der Waals surface area contributed by atoms with Gasteiger partial charge in [0.15, 0.2) is 0 Å². The number of methoxy groups -OCH3 is 2. The Morgan fingerprint density at radius 3 is 2.31 bits per heavy atom. The van der Waals surface area contributed by atoms with Crippen molar-refractivity contribution in [3.8, 4) is 11.5 Å². The van der Waals surface area contributed by atoms with Gasteiger partial charge < -0.3 is 30.3 Å². The predicted octanol–water partition coefficient (Wildman–Crippen LogP) is 5.90. The molecule has 1 fully saturated rings. The molecule has 1 saturated heterocycles. The summed E-state index contributed by atoms with van der Waals surface area (Å²) in [5, 5.41) is 8.76. The summed E-state index contributed by atoms with van der Waals surface area (Å²) in [6.45, 7) is 3.78. The lowest BCUT2D eigenvalue weighted by Gasteiger charge is -2.31. The molecule has 3 aromatic carbocycles. The van der Waals surface area contributed by atoms with Gasteiger partial charge in [-0.3, -0.25) is 4.79 Å². The maximum Gasteiger partial charge on any atom is 0.323 e. The molecule has 0 bridgehead atoms. The second-order valence-electron chi connectivity index (χ2n) is 8.75. The van der Waals surface area contributed by atoms with E-state index in [1.54, 1.807) is 37.4 Å². The number of hydrogen-bond donors (Lipinski definition) is 3. The van der Waals surface area contributed by atoms with Gasteiger partial charge in [-0.25, -0.2) is 4.79 Å². The number of piperidine rings is 1. The Balaban J connectivity index is 1.57. The molecule has 3 amide bonds. The van der Waals surface area contributed by atoms with Crippen molar-refractivity contribution in [1.82, 2.24) is 0 Å². The van der Waals surface area contributed by atoms with Crippen molar-refractivity contribution in [2.45, 2.75) is 26.2 Å². The minimum absolute atomic E-state index is 0.206. The molecule has 1 aliphatic heterocycles. The Kier molecular flexibility index (Phi) is 7.95. The molecule has 8 heteroatoms. The Hall–Kier alpha value is -4.20. The number of nitrogens with zero attached hydrogens (tertiary/aromatic N) is 1. The fraction of sp³-hybridized carbons (Fsp3) is 0.286. The summed E-state index contributed by atoms with van der Waals surface area (Å²) in [5.74, 6) is 0.907. The lowest BCUT2D eigenvalue weighted by Crippen LogP contribution is -2.31. The summed E-state index contributed by atoms with van der Waals surface area (Å²) in [4.78, 5) is 28.1. The van der Waals surface area contributed by atoms with E-state index in [2.05, 4.69) is 20.9 Å². The highest BCUT2D eigenvalue weighted by molar-refractivity contribution is 6.06. The van der Waals surface area contributed by atoms with E-state index in [1.165, 1.54) is 13.5 Å². The number of amides is 3. The number of benzene rings is 3. The predicted molar refractivity (Wildman–Crippen MR) is 144 cm³/mol. The lowest BCUT2D eigenvalue weighted by atomic mass is 10.1. The summed E-state index contributed by atoms with van der Waals surface area (Å²) in [7, 11) is 3.11. The zero-order valence-corrected chi connectivity index (χ0v) is 20.9. The number of carbonyl (C=O) groups excluding carboxylic acids is 2. The van der Waals surface area contributed by atoms with Crippen molar-refractivity contribution >= 4 is 34.7 Å². The second-order valence-corrected chi connectivity index (χ2v) is 8.75. The molecule has 0 radical (unpaired) electrons. The fourth-order valence-corrected chi connectivity index (χ4v) is 4.29. The highest BCUT2D eigenvalue weighted by Crippen LogP contribution is 2.33. The molecule has 1 aliphatic rings. The van der Waals surface area contributed by atoms with Crippen LogP contribution in [0.5, 0.6) is 11.5 Å². The molecule has 0 spiro atoms. The first-order chi connectivity index (χ1) is 17.5. The summed E-state index contributed by atoms with van der Waals surface area (Å²) in [6, 6.07) is 17.8. The van der Waals surface area contributed by atoms with Crippen molar-refractivity contribution in [2.75, 3.05) is 48.2 Å². The van der Waals surface area contributed by atoms with Crippen molar-refractivity contribution in [3.05, 3.63) is 71.8 Å². The Morgan fingerprint density at radius 2 is 1.58 bits per heavy atom. The normalized spacial score (nSPS) is 13.0. The zero-order valence-electron chi connectivity index (χ0n) is 20.9. The van der Waals surface area contributed by atoms with Gasteiger partial charge in [-0.1, -0.05) is 17.7 Å². The number of carbonyl (C=O) groups is 2. The second kappa shape index (κ2) is 11.5. The molecule has 188 valence electrons. The molecule has 0 saturated carbocycles. The number of rotatable bonds is 7. The van der Waals surface area contributed by atoms with E-state index in [0.717, 1.165) is 37.2 Å². The van der Waals surface area contributed by atoms with Crippen LogP contribution in [0.1, 0.15) is 35.2 Å². The summed E-state index contributed by atoms with van der Waals surface area (Å²) < 4.78 is 10.6. The van der Waals surface area contributed by atoms with Crippen molar-refractivity contribution in [1.29, 1.82) is 0 Å². The van der Waals surface area contributed by atoms with Gasteiger partial charge in [0.1, 0.15) is 11.5 Å². The molecule has 0 unspecified atom stereocenters. The average Bonchev–Trinajstić information content (AvgIpc) is 2.89. The summed E-state index contributed by atoms with van der Waals surface area (Å²) in [5.41, 5.74) is 4.23. The maximum absolute atomic E-state index is 13.0. The minimum Gasteiger partial charge on any atom is -0.497 e. The van der Waals surface area contributed by atoms with Crippen LogP contribution in [0.25, 0.3) is 0 Å². The van der Waals surface area contributed by atoms with E-state index in [9.17, 15) is 9.59 Å². The molecule has 0 atom stereocenters. The third-order valence-electron chi connectivity index (χ3n) is 6.14. The van der Waals surface area contributed by atoms with Gasteiger partial charge in [-0.15, -0.1) is 0 Å². The molecule has 4 rings (SSSR count). The van der Waals surface area contributed by atoms with Crippen molar-refractivity contribution in [3.63, 3.8) is 0 Å². The van der Waals surface area contributed by atoms with Crippen LogP contribution >= 0.6 is 0 Å². The van der Waals surface area contributed by atoms with Crippen LogP contribution in [0.15, 0.2) is 60.7 Å². The van der Waals surface area contributed by atoms with Gasteiger partial charge in [0.05, 0.1) is 31.3 Å². The van der Waals surface area contributed by atoms with E-state index in [1.807, 2.05) is 37.3 Å². The van der Waals surface area contributed by atoms with Crippen LogP contribution in [-0.2, 0) is 0 Å². The van der Waals surface area contributed by atoms with Gasteiger partial charge >= 0.3 is 6.03 Å². The largest absolute Gasteiger partial charge is 0.497 e. The van der Waals surface area contributed by atoms with Crippen molar-refractivity contribution in [2.24, 2.45) is 0 Å². The Labute approximate surface area is 211 Å². The molecule has 3 N–H and O–H groups in total. The number of hydrogen-bond acceptors (Lipinski definition) is 5. The SMILES string of the molecule is COc1ccc(NC(=O)Nc2cc(NC(=O)c3cccc(C)c3)ccc2N2CCCCC2)c(OC)c1. The van der Waals surface area contributed by atoms with E-state index >= 15 is 0 Å². The van der Waals surface area contributed by atoms with Crippen LogP contribution in [0.4, 0.5) is 27.5 Å². The van der Waals surface area contributed by atoms with Gasteiger partial charge in [-0.05, 0) is 68.7 Å². The molecular weight excluding hydrogens is 456 g/mol. The third-order valence-corrected chi connectivity index (χ3v) is 6.14. The highest BCUT2D eigenvalue weighted by Gasteiger charge is 2.18. The first kappa shape index (κ1) is 24.9. The fourth-order valence-electron chi connectivity index (χ4n) is 4.29. The Bertz CT molecular complexity index is 1240. The molecule has 0 aliphatic carbocycles. The standard InChI is InChI=1S/C28H32N4O4/c1-19-8-7-9-20(16-19)27(33)29-21-10-13-25(32-14-5-4-6-15-32)24(17-21)31-28(34)30-23-12-11-22(35-2)18-26(23)36-3/h7-13,16-18H,4-6,14-15H2,1-3H3,(H,29,33)(H2,30,31,34). The van der Waals surface area contributed by atoms with Gasteiger partial charge in [0.25, 0.3) is 5.91 Å². The summed E-state index contributed by atoms with van der Waals surface area (Å²) >= 11 is 0. The molecular formula is C28H32N4O4. The topological polar surface area (TPSA) is 91.9 Å². The van der Waals surface area contributed by atoms with Gasteiger partial charge in [-0.2, -0.15) is 0 Å². The van der Waals surface area contributed by atoms with Crippen molar-refractivity contribution < 1.29 is 19.1 Å². The number of urea groups is 1. The number of ether oxygens (including phenoxy) is 2.